The second-order valence-corrected chi connectivity index (χ2v) is 3.88. The normalized spacial score (nSPS) is 27.1. The summed E-state index contributed by atoms with van der Waals surface area (Å²) in [5.41, 5.74) is 1.25. The Bertz CT molecular complexity index is 318. The maximum Gasteiger partial charge on any atom is 0.306 e. The van der Waals surface area contributed by atoms with Crippen LogP contribution in [-0.4, -0.2) is 12.6 Å². The van der Waals surface area contributed by atoms with Gasteiger partial charge in [-0.1, -0.05) is 37.3 Å². The first-order valence-corrected chi connectivity index (χ1v) is 4.98. The van der Waals surface area contributed by atoms with Crippen LogP contribution in [0.1, 0.15) is 24.8 Å². The summed E-state index contributed by atoms with van der Waals surface area (Å²) in [5, 5.41) is 0. The quantitative estimate of drug-likeness (QED) is 0.635. The van der Waals surface area contributed by atoms with E-state index < -0.39 is 0 Å². The molecule has 1 aliphatic rings. The monoisotopic (exact) mass is 190 g/mol. The number of carbonyl (C=O) groups is 1. The molecule has 14 heavy (non-hydrogen) atoms. The Labute approximate surface area is 83.9 Å². The Morgan fingerprint density at radius 3 is 2.71 bits per heavy atom. The fraction of sp³-hybridized carbons (Fsp3) is 0.417. The second kappa shape index (κ2) is 3.82. The molecule has 2 heteroatoms. The zero-order valence-corrected chi connectivity index (χ0v) is 8.27. The van der Waals surface area contributed by atoms with Crippen molar-refractivity contribution in [3.05, 3.63) is 35.9 Å². The molecule has 2 rings (SSSR count). The van der Waals surface area contributed by atoms with Gasteiger partial charge < -0.3 is 4.74 Å². The Morgan fingerprint density at radius 1 is 1.29 bits per heavy atom. The van der Waals surface area contributed by atoms with E-state index in [9.17, 15) is 4.79 Å². The van der Waals surface area contributed by atoms with E-state index in [0.717, 1.165) is 0 Å². The molecule has 1 saturated heterocycles. The van der Waals surface area contributed by atoms with Crippen molar-refractivity contribution in [2.24, 2.45) is 5.92 Å². The molecule has 1 aromatic carbocycles. The third-order valence-corrected chi connectivity index (χ3v) is 2.81. The summed E-state index contributed by atoms with van der Waals surface area (Å²) in [5.74, 6) is 0.685. The summed E-state index contributed by atoms with van der Waals surface area (Å²) in [6.45, 7) is 2.68. The van der Waals surface area contributed by atoms with Crippen LogP contribution in [0, 0.1) is 5.92 Å². The van der Waals surface area contributed by atoms with Gasteiger partial charge in [0, 0.05) is 5.92 Å². The summed E-state index contributed by atoms with van der Waals surface area (Å²) in [6, 6.07) is 10.2. The predicted octanol–water partition coefficient (Wildman–Crippen LogP) is 2.35. The number of esters is 1. The van der Waals surface area contributed by atoms with Crippen LogP contribution in [0.15, 0.2) is 30.3 Å². The van der Waals surface area contributed by atoms with E-state index in [2.05, 4.69) is 19.1 Å². The van der Waals surface area contributed by atoms with Gasteiger partial charge in [-0.15, -0.1) is 0 Å². The van der Waals surface area contributed by atoms with Crippen LogP contribution in [0.2, 0.25) is 0 Å². The number of hydrogen-bond acceptors (Lipinski definition) is 2. The fourth-order valence-electron chi connectivity index (χ4n) is 1.93. The van der Waals surface area contributed by atoms with Crippen molar-refractivity contribution in [3.8, 4) is 0 Å². The highest BCUT2D eigenvalue weighted by Crippen LogP contribution is 2.31. The van der Waals surface area contributed by atoms with Crippen molar-refractivity contribution in [2.45, 2.75) is 19.3 Å². The lowest BCUT2D eigenvalue weighted by Gasteiger charge is -2.28. The van der Waals surface area contributed by atoms with E-state index in [-0.39, 0.29) is 5.97 Å². The molecule has 0 aromatic heterocycles. The number of carbonyl (C=O) groups excluding carboxylic acids is 1. The Balaban J connectivity index is 2.20. The van der Waals surface area contributed by atoms with Gasteiger partial charge in [-0.2, -0.15) is 0 Å². The van der Waals surface area contributed by atoms with Gasteiger partial charge >= 0.3 is 5.97 Å². The smallest absolute Gasteiger partial charge is 0.306 e. The number of hydrogen-bond donors (Lipinski definition) is 0. The molecule has 0 radical (unpaired) electrons. The van der Waals surface area contributed by atoms with Crippen molar-refractivity contribution < 1.29 is 9.53 Å². The van der Waals surface area contributed by atoms with Gasteiger partial charge in [0.05, 0.1) is 13.0 Å². The summed E-state index contributed by atoms with van der Waals surface area (Å²) in [7, 11) is 0. The van der Waals surface area contributed by atoms with Crippen LogP contribution in [0.3, 0.4) is 0 Å². The van der Waals surface area contributed by atoms with E-state index in [0.29, 0.717) is 24.9 Å². The first kappa shape index (κ1) is 9.25. The molecule has 0 N–H and O–H groups in total. The highest BCUT2D eigenvalue weighted by Gasteiger charge is 2.28. The van der Waals surface area contributed by atoms with Crippen molar-refractivity contribution in [1.29, 1.82) is 0 Å². The van der Waals surface area contributed by atoms with E-state index in [1.807, 2.05) is 18.2 Å². The molecule has 1 heterocycles. The molecule has 0 spiro atoms. The van der Waals surface area contributed by atoms with Crippen molar-refractivity contribution in [1.82, 2.24) is 0 Å². The molecular formula is C12H14O2. The molecule has 74 valence electrons. The first-order chi connectivity index (χ1) is 6.77. The third-order valence-electron chi connectivity index (χ3n) is 2.81. The average Bonchev–Trinajstić information content (AvgIpc) is 2.23. The van der Waals surface area contributed by atoms with Crippen LogP contribution in [0.5, 0.6) is 0 Å². The minimum Gasteiger partial charge on any atom is -0.465 e. The third kappa shape index (κ3) is 1.79. The molecule has 0 amide bonds. The van der Waals surface area contributed by atoms with Gasteiger partial charge in [-0.3, -0.25) is 4.79 Å². The van der Waals surface area contributed by atoms with Crippen LogP contribution < -0.4 is 0 Å². The topological polar surface area (TPSA) is 26.3 Å². The number of cyclic esters (lactones) is 1. The highest BCUT2D eigenvalue weighted by molar-refractivity contribution is 5.71. The lowest BCUT2D eigenvalue weighted by Crippen LogP contribution is -2.27. The molecule has 1 aromatic rings. The van der Waals surface area contributed by atoms with Crippen molar-refractivity contribution >= 4 is 5.97 Å². The van der Waals surface area contributed by atoms with E-state index >= 15 is 0 Å². The standard InChI is InChI=1S/C12H14O2/c1-9-8-14-12(13)7-11(9)10-5-3-2-4-6-10/h2-6,9,11H,7-8H2,1H3. The summed E-state index contributed by atoms with van der Waals surface area (Å²) in [4.78, 5) is 11.2. The van der Waals surface area contributed by atoms with Crippen LogP contribution in [0.25, 0.3) is 0 Å². The molecule has 0 aliphatic carbocycles. The van der Waals surface area contributed by atoms with Crippen LogP contribution in [0.4, 0.5) is 0 Å². The highest BCUT2D eigenvalue weighted by atomic mass is 16.5. The average molecular weight is 190 g/mol. The van der Waals surface area contributed by atoms with E-state index in [1.165, 1.54) is 5.56 Å². The SMILES string of the molecule is CC1COC(=O)CC1c1ccccc1. The van der Waals surface area contributed by atoms with Gasteiger partial charge in [0.1, 0.15) is 0 Å². The minimum absolute atomic E-state index is 0.0723. The van der Waals surface area contributed by atoms with Gasteiger partial charge in [0.25, 0.3) is 0 Å². The summed E-state index contributed by atoms with van der Waals surface area (Å²) < 4.78 is 5.00. The lowest BCUT2D eigenvalue weighted by atomic mass is 9.84. The number of rotatable bonds is 1. The molecule has 2 atom stereocenters. The second-order valence-electron chi connectivity index (χ2n) is 3.88. The van der Waals surface area contributed by atoms with E-state index in [1.54, 1.807) is 0 Å². The minimum atomic E-state index is -0.0723. The molecule has 1 aliphatic heterocycles. The maximum atomic E-state index is 11.2. The molecule has 0 saturated carbocycles. The first-order valence-electron chi connectivity index (χ1n) is 4.98. The Hall–Kier alpha value is -1.31. The molecule has 1 fully saturated rings. The summed E-state index contributed by atoms with van der Waals surface area (Å²) >= 11 is 0. The van der Waals surface area contributed by atoms with Gasteiger partial charge in [0.15, 0.2) is 0 Å². The van der Waals surface area contributed by atoms with Gasteiger partial charge in [-0.25, -0.2) is 0 Å². The lowest BCUT2D eigenvalue weighted by molar-refractivity contribution is -0.150. The zero-order valence-electron chi connectivity index (χ0n) is 8.27. The van der Waals surface area contributed by atoms with Crippen molar-refractivity contribution in [2.75, 3.05) is 6.61 Å². The number of benzene rings is 1. The summed E-state index contributed by atoms with van der Waals surface area (Å²) in [6.07, 6.45) is 0.519. The zero-order chi connectivity index (χ0) is 9.97. The Kier molecular flexibility index (Phi) is 2.53. The number of ether oxygens (including phenoxy) is 1. The maximum absolute atomic E-state index is 11.2. The molecule has 2 nitrogen and oxygen atoms in total. The van der Waals surface area contributed by atoms with Crippen LogP contribution in [-0.2, 0) is 9.53 Å². The largest absolute Gasteiger partial charge is 0.465 e. The van der Waals surface area contributed by atoms with E-state index in [4.69, 9.17) is 4.74 Å². The van der Waals surface area contributed by atoms with Gasteiger partial charge in [0.2, 0.25) is 0 Å². The molecule has 0 bridgehead atoms. The molecular weight excluding hydrogens is 176 g/mol. The molecule has 2 unspecified atom stereocenters. The van der Waals surface area contributed by atoms with Gasteiger partial charge in [-0.05, 0) is 11.5 Å². The predicted molar refractivity (Wildman–Crippen MR) is 53.9 cm³/mol. The fourth-order valence-corrected chi connectivity index (χ4v) is 1.93. The van der Waals surface area contributed by atoms with Crippen molar-refractivity contribution in [3.63, 3.8) is 0 Å². The van der Waals surface area contributed by atoms with Crippen LogP contribution >= 0.6 is 0 Å². The Morgan fingerprint density at radius 2 is 2.00 bits per heavy atom.